The fraction of sp³-hybridized carbons (Fsp3) is 0.444. The van der Waals surface area contributed by atoms with E-state index in [1.165, 1.54) is 36.8 Å². The average Bonchev–Trinajstić information content (AvgIpc) is 3.57. The molecule has 0 bridgehead atoms. The van der Waals surface area contributed by atoms with E-state index in [1.54, 1.807) is 6.92 Å². The van der Waals surface area contributed by atoms with Gasteiger partial charge in [0.1, 0.15) is 0 Å². The zero-order valence-corrected chi connectivity index (χ0v) is 18.4. The Morgan fingerprint density at radius 1 is 1.07 bits per heavy atom. The lowest BCUT2D eigenvalue weighted by Gasteiger charge is -2.41. The van der Waals surface area contributed by atoms with Crippen molar-refractivity contribution in [2.75, 3.05) is 7.05 Å². The topological polar surface area (TPSA) is 40.5 Å². The fourth-order valence-electron chi connectivity index (χ4n) is 4.60. The molecule has 2 atom stereocenters. The first-order valence-electron chi connectivity index (χ1n) is 11.0. The van der Waals surface area contributed by atoms with Crippen LogP contribution in [-0.4, -0.2) is 29.1 Å². The van der Waals surface area contributed by atoms with Gasteiger partial charge in [0.25, 0.3) is 0 Å². The molecule has 2 aromatic carbocycles. The van der Waals surface area contributed by atoms with Gasteiger partial charge in [0.2, 0.25) is 0 Å². The van der Waals surface area contributed by atoms with Gasteiger partial charge >= 0.3 is 5.97 Å². The van der Waals surface area contributed by atoms with Crippen molar-refractivity contribution in [3.63, 3.8) is 0 Å². The lowest BCUT2D eigenvalue weighted by molar-refractivity contribution is -0.138. The molecule has 2 aliphatic rings. The summed E-state index contributed by atoms with van der Waals surface area (Å²) < 4.78 is 0. The van der Waals surface area contributed by atoms with Crippen molar-refractivity contribution in [2.24, 2.45) is 0 Å². The Kier molecular flexibility index (Phi) is 5.47. The van der Waals surface area contributed by atoms with Gasteiger partial charge in [0, 0.05) is 23.2 Å². The van der Waals surface area contributed by atoms with E-state index < -0.39 is 11.9 Å². The maximum Gasteiger partial charge on any atom is 0.310 e. The van der Waals surface area contributed by atoms with Crippen molar-refractivity contribution in [3.05, 3.63) is 70.3 Å². The van der Waals surface area contributed by atoms with Crippen LogP contribution in [0.15, 0.2) is 42.5 Å². The molecule has 2 aromatic rings. The molecule has 1 fully saturated rings. The first-order chi connectivity index (χ1) is 14.3. The highest BCUT2D eigenvalue weighted by molar-refractivity contribution is 5.75. The van der Waals surface area contributed by atoms with E-state index in [1.807, 2.05) is 24.3 Å². The minimum absolute atomic E-state index is 0.169. The van der Waals surface area contributed by atoms with Gasteiger partial charge in [-0.1, -0.05) is 43.9 Å². The van der Waals surface area contributed by atoms with Crippen LogP contribution in [0.4, 0.5) is 0 Å². The molecule has 0 heterocycles. The first-order valence-corrected chi connectivity index (χ1v) is 11.0. The molecule has 1 N–H and O–H groups in total. The summed E-state index contributed by atoms with van der Waals surface area (Å²) in [6.07, 6.45) is 5.08. The van der Waals surface area contributed by atoms with E-state index in [0.717, 1.165) is 22.7 Å². The number of aliphatic carboxylic acids is 1. The number of rotatable bonds is 4. The van der Waals surface area contributed by atoms with E-state index in [9.17, 15) is 4.79 Å². The maximum atomic E-state index is 11.1. The smallest absolute Gasteiger partial charge is 0.310 e. The molecule has 156 valence electrons. The third-order valence-electron chi connectivity index (χ3n) is 6.93. The zero-order valence-electron chi connectivity index (χ0n) is 18.4. The van der Waals surface area contributed by atoms with Crippen LogP contribution in [0, 0.1) is 11.8 Å². The number of nitrogens with zero attached hydrogens (tertiary/aromatic N) is 1. The largest absolute Gasteiger partial charge is 0.481 e. The third kappa shape index (κ3) is 4.16. The molecule has 2 unspecified atom stereocenters. The second kappa shape index (κ2) is 7.93. The predicted molar refractivity (Wildman–Crippen MR) is 121 cm³/mol. The van der Waals surface area contributed by atoms with Crippen LogP contribution < -0.4 is 0 Å². The molecular formula is C27H31NO2. The molecule has 2 aliphatic carbocycles. The summed E-state index contributed by atoms with van der Waals surface area (Å²) >= 11 is 0. The molecule has 0 saturated heterocycles. The van der Waals surface area contributed by atoms with Gasteiger partial charge in [-0.3, -0.25) is 9.69 Å². The molecule has 0 radical (unpaired) electrons. The summed E-state index contributed by atoms with van der Waals surface area (Å²) in [6, 6.07) is 15.5. The standard InChI is InChI=1S/C27H31NO2/c1-18(26(29)30)21-10-7-19(8-11-21)5-6-20-9-14-23-24(17-20)27(2,3)16-15-25(23)28(4)22-12-13-22/h7-11,14,17-18,22,25H,12-13,15-16H2,1-4H3,(H,29,30). The minimum atomic E-state index is -0.809. The molecule has 3 nitrogen and oxygen atoms in total. The summed E-state index contributed by atoms with van der Waals surface area (Å²) in [5.41, 5.74) is 5.82. The molecule has 0 aromatic heterocycles. The van der Waals surface area contributed by atoms with E-state index in [-0.39, 0.29) is 5.41 Å². The molecule has 0 aliphatic heterocycles. The van der Waals surface area contributed by atoms with E-state index in [4.69, 9.17) is 5.11 Å². The van der Waals surface area contributed by atoms with E-state index >= 15 is 0 Å². The van der Waals surface area contributed by atoms with Crippen molar-refractivity contribution >= 4 is 5.97 Å². The molecular weight excluding hydrogens is 370 g/mol. The summed E-state index contributed by atoms with van der Waals surface area (Å²) in [7, 11) is 2.28. The minimum Gasteiger partial charge on any atom is -0.481 e. The van der Waals surface area contributed by atoms with Crippen LogP contribution >= 0.6 is 0 Å². The first kappa shape index (κ1) is 20.7. The maximum absolute atomic E-state index is 11.1. The van der Waals surface area contributed by atoms with Crippen molar-refractivity contribution in [1.82, 2.24) is 4.90 Å². The highest BCUT2D eigenvalue weighted by Crippen LogP contribution is 2.46. The second-order valence-corrected chi connectivity index (χ2v) is 9.57. The predicted octanol–water partition coefficient (Wildman–Crippen LogP) is 5.48. The number of carbonyl (C=O) groups is 1. The Balaban J connectivity index is 1.59. The van der Waals surface area contributed by atoms with Crippen molar-refractivity contribution in [2.45, 2.75) is 69.9 Å². The van der Waals surface area contributed by atoms with Crippen molar-refractivity contribution in [3.8, 4) is 11.8 Å². The Morgan fingerprint density at radius 2 is 1.70 bits per heavy atom. The molecule has 4 rings (SSSR count). The average molecular weight is 402 g/mol. The van der Waals surface area contributed by atoms with Gasteiger partial charge in [0.15, 0.2) is 0 Å². The molecule has 3 heteroatoms. The zero-order chi connectivity index (χ0) is 21.5. The highest BCUT2D eigenvalue weighted by Gasteiger charge is 2.38. The lowest BCUT2D eigenvalue weighted by Crippen LogP contribution is -2.35. The second-order valence-electron chi connectivity index (χ2n) is 9.57. The molecule has 1 saturated carbocycles. The normalized spacial score (nSPS) is 20.8. The summed E-state index contributed by atoms with van der Waals surface area (Å²) in [5.74, 6) is 5.25. The number of benzene rings is 2. The molecule has 30 heavy (non-hydrogen) atoms. The van der Waals surface area contributed by atoms with Crippen molar-refractivity contribution in [1.29, 1.82) is 0 Å². The highest BCUT2D eigenvalue weighted by atomic mass is 16.4. The monoisotopic (exact) mass is 401 g/mol. The number of carboxylic acids is 1. The number of hydrogen-bond donors (Lipinski definition) is 1. The van der Waals surface area contributed by atoms with Crippen molar-refractivity contribution < 1.29 is 9.90 Å². The Bertz CT molecular complexity index is 1010. The summed E-state index contributed by atoms with van der Waals surface area (Å²) in [5, 5.41) is 9.15. The van der Waals surface area contributed by atoms with Crippen LogP contribution in [-0.2, 0) is 10.2 Å². The van der Waals surface area contributed by atoms with E-state index in [0.29, 0.717) is 6.04 Å². The third-order valence-corrected chi connectivity index (χ3v) is 6.93. The van der Waals surface area contributed by atoms with Gasteiger partial charge in [-0.2, -0.15) is 0 Å². The van der Waals surface area contributed by atoms with Gasteiger partial charge in [-0.05, 0) is 86.0 Å². The van der Waals surface area contributed by atoms with Crippen LogP contribution in [0.3, 0.4) is 0 Å². The Morgan fingerprint density at radius 3 is 2.33 bits per heavy atom. The van der Waals surface area contributed by atoms with Gasteiger partial charge in [-0.15, -0.1) is 0 Å². The number of carboxylic acid groups (broad SMARTS) is 1. The summed E-state index contributed by atoms with van der Waals surface area (Å²) in [6.45, 7) is 6.39. The van der Waals surface area contributed by atoms with Crippen LogP contribution in [0.5, 0.6) is 0 Å². The number of hydrogen-bond acceptors (Lipinski definition) is 2. The Hall–Kier alpha value is -2.57. The Labute approximate surface area is 180 Å². The SMILES string of the molecule is CC(C(=O)O)c1ccc(C#Cc2ccc3c(c2)C(C)(C)CCC3N(C)C2CC2)cc1. The number of fused-ring (bicyclic) bond motifs is 1. The van der Waals surface area contributed by atoms with Crippen LogP contribution in [0.25, 0.3) is 0 Å². The molecule has 0 amide bonds. The van der Waals surface area contributed by atoms with Crippen LogP contribution in [0.2, 0.25) is 0 Å². The quantitative estimate of drug-likeness (QED) is 0.690. The van der Waals surface area contributed by atoms with Gasteiger partial charge in [-0.25, -0.2) is 0 Å². The van der Waals surface area contributed by atoms with Gasteiger partial charge < -0.3 is 5.11 Å². The lowest BCUT2D eigenvalue weighted by atomic mass is 9.70. The van der Waals surface area contributed by atoms with E-state index in [2.05, 4.69) is 55.8 Å². The molecule has 0 spiro atoms. The van der Waals surface area contributed by atoms with Crippen LogP contribution in [0.1, 0.15) is 86.2 Å². The summed E-state index contributed by atoms with van der Waals surface area (Å²) in [4.78, 5) is 13.7. The van der Waals surface area contributed by atoms with Gasteiger partial charge in [0.05, 0.1) is 5.92 Å². The fourth-order valence-corrected chi connectivity index (χ4v) is 4.60.